The van der Waals surface area contributed by atoms with E-state index in [1.54, 1.807) is 6.92 Å². The molecule has 0 aliphatic carbocycles. The fourth-order valence-corrected chi connectivity index (χ4v) is 4.90. The quantitative estimate of drug-likeness (QED) is 0.411. The number of aryl methyl sites for hydroxylation is 1. The Kier molecular flexibility index (Phi) is 10.3. The molecule has 0 radical (unpaired) electrons. The number of halogens is 3. The number of sulfonamides is 1. The van der Waals surface area contributed by atoms with E-state index in [-0.39, 0.29) is 39.2 Å². The number of amides is 2. The molecule has 0 spiro atoms. The summed E-state index contributed by atoms with van der Waals surface area (Å²) in [7, 11) is -3.95. The Morgan fingerprint density at radius 2 is 1.66 bits per heavy atom. The van der Waals surface area contributed by atoms with Crippen LogP contribution in [-0.2, 0) is 26.2 Å². The Labute approximate surface area is 222 Å². The van der Waals surface area contributed by atoms with Crippen molar-refractivity contribution in [3.63, 3.8) is 0 Å². The summed E-state index contributed by atoms with van der Waals surface area (Å²) in [6, 6.07) is 9.20. The minimum atomic E-state index is -3.95. The van der Waals surface area contributed by atoms with Crippen LogP contribution in [0.2, 0.25) is 15.1 Å². The average molecular weight is 563 g/mol. The van der Waals surface area contributed by atoms with Gasteiger partial charge in [-0.1, -0.05) is 71.6 Å². The molecule has 2 aromatic rings. The summed E-state index contributed by atoms with van der Waals surface area (Å²) in [5, 5.41) is 3.14. The summed E-state index contributed by atoms with van der Waals surface area (Å²) in [4.78, 5) is 27.8. The minimum absolute atomic E-state index is 0.0177. The zero-order valence-electron chi connectivity index (χ0n) is 20.3. The number of carbonyl (C=O) groups excluding carboxylic acids is 2. The molecule has 2 rings (SSSR count). The van der Waals surface area contributed by atoms with Gasteiger partial charge in [-0.2, -0.15) is 0 Å². The van der Waals surface area contributed by atoms with E-state index in [4.69, 9.17) is 34.8 Å². The topological polar surface area (TPSA) is 86.8 Å². The molecule has 0 fully saturated rings. The number of nitrogens with zero attached hydrogens (tertiary/aromatic N) is 2. The smallest absolute Gasteiger partial charge is 0.244 e. The maximum Gasteiger partial charge on any atom is 0.244 e. The van der Waals surface area contributed by atoms with E-state index in [2.05, 4.69) is 5.32 Å². The number of hydrogen-bond donors (Lipinski definition) is 1. The van der Waals surface area contributed by atoms with E-state index in [1.165, 1.54) is 17.0 Å². The molecule has 2 amide bonds. The predicted octanol–water partition coefficient (Wildman–Crippen LogP) is 5.05. The van der Waals surface area contributed by atoms with Gasteiger partial charge >= 0.3 is 0 Å². The van der Waals surface area contributed by atoms with Crippen LogP contribution in [0.5, 0.6) is 0 Å². The molecule has 35 heavy (non-hydrogen) atoms. The van der Waals surface area contributed by atoms with Crippen molar-refractivity contribution < 1.29 is 18.0 Å². The molecule has 0 saturated carbocycles. The van der Waals surface area contributed by atoms with Crippen LogP contribution in [0.15, 0.2) is 36.4 Å². The third kappa shape index (κ3) is 8.00. The molecule has 1 N–H and O–H groups in total. The maximum absolute atomic E-state index is 13.6. The van der Waals surface area contributed by atoms with Crippen molar-refractivity contribution in [3.8, 4) is 0 Å². The third-order valence-electron chi connectivity index (χ3n) is 5.54. The molecule has 0 saturated heterocycles. The number of nitrogens with one attached hydrogen (secondary N) is 1. The average Bonchev–Trinajstić information content (AvgIpc) is 2.77. The van der Waals surface area contributed by atoms with Gasteiger partial charge in [0.25, 0.3) is 0 Å². The lowest BCUT2D eigenvalue weighted by Gasteiger charge is -2.32. The van der Waals surface area contributed by atoms with Crippen molar-refractivity contribution in [2.75, 3.05) is 17.1 Å². The zero-order chi connectivity index (χ0) is 26.5. The number of hydrogen-bond acceptors (Lipinski definition) is 4. The van der Waals surface area contributed by atoms with Crippen molar-refractivity contribution in [2.24, 2.45) is 0 Å². The van der Waals surface area contributed by atoms with E-state index >= 15 is 0 Å². The molecule has 0 aromatic heterocycles. The minimum Gasteiger partial charge on any atom is -0.352 e. The second-order valence-corrected chi connectivity index (χ2v) is 11.6. The lowest BCUT2D eigenvalue weighted by atomic mass is 10.1. The van der Waals surface area contributed by atoms with Gasteiger partial charge in [-0.05, 0) is 44.9 Å². The summed E-state index contributed by atoms with van der Waals surface area (Å²) in [6.45, 7) is 6.88. The number of anilines is 1. The van der Waals surface area contributed by atoms with Crippen LogP contribution in [-0.4, -0.2) is 50.0 Å². The standard InChI is InChI=1S/C24H30Cl3N3O4S/c1-6-16(3)28-24(32)17(4)29(13-18-9-7-8-15(2)10-18)23(31)14-30(35(5,33)34)22-12-20(26)19(25)11-21(22)27/h7-12,16-17H,6,13-14H2,1-5H3,(H,28,32)/t16-,17+/m0/s1. The lowest BCUT2D eigenvalue weighted by molar-refractivity contribution is -0.139. The molecule has 2 aromatic carbocycles. The van der Waals surface area contributed by atoms with Crippen molar-refractivity contribution in [3.05, 3.63) is 62.6 Å². The number of benzene rings is 2. The molecule has 2 atom stereocenters. The normalized spacial score (nSPS) is 13.1. The van der Waals surface area contributed by atoms with Gasteiger partial charge in [0.05, 0.1) is 27.0 Å². The SMILES string of the molecule is CC[C@H](C)NC(=O)[C@@H](C)N(Cc1cccc(C)c1)C(=O)CN(c1cc(Cl)c(Cl)cc1Cl)S(C)(=O)=O. The largest absolute Gasteiger partial charge is 0.352 e. The summed E-state index contributed by atoms with van der Waals surface area (Å²) in [5.74, 6) is -0.912. The summed E-state index contributed by atoms with van der Waals surface area (Å²) in [6.07, 6.45) is 1.69. The van der Waals surface area contributed by atoms with Gasteiger partial charge in [0.2, 0.25) is 21.8 Å². The molecule has 0 aliphatic heterocycles. The first-order chi connectivity index (χ1) is 16.2. The Bertz CT molecular complexity index is 1190. The molecule has 0 heterocycles. The van der Waals surface area contributed by atoms with E-state index in [1.807, 2.05) is 45.0 Å². The third-order valence-corrected chi connectivity index (χ3v) is 7.69. The molecule has 11 heteroatoms. The predicted molar refractivity (Wildman–Crippen MR) is 143 cm³/mol. The van der Waals surface area contributed by atoms with Gasteiger partial charge in [-0.3, -0.25) is 13.9 Å². The van der Waals surface area contributed by atoms with Crippen LogP contribution in [0, 0.1) is 6.92 Å². The molecular formula is C24H30Cl3N3O4S. The summed E-state index contributed by atoms with van der Waals surface area (Å²) < 4.78 is 26.2. The molecule has 0 aliphatic rings. The van der Waals surface area contributed by atoms with E-state index < -0.39 is 28.5 Å². The van der Waals surface area contributed by atoms with E-state index in [0.717, 1.165) is 28.1 Å². The van der Waals surface area contributed by atoms with Crippen LogP contribution in [0.25, 0.3) is 0 Å². The highest BCUT2D eigenvalue weighted by molar-refractivity contribution is 7.92. The van der Waals surface area contributed by atoms with Crippen LogP contribution >= 0.6 is 34.8 Å². The summed E-state index contributed by atoms with van der Waals surface area (Å²) in [5.41, 5.74) is 1.82. The Morgan fingerprint density at radius 1 is 1.03 bits per heavy atom. The molecule has 0 bridgehead atoms. The Morgan fingerprint density at radius 3 is 2.23 bits per heavy atom. The molecule has 0 unspecified atom stereocenters. The number of carbonyl (C=O) groups is 2. The van der Waals surface area contributed by atoms with Crippen LogP contribution in [0.4, 0.5) is 5.69 Å². The second kappa shape index (κ2) is 12.3. The first-order valence-corrected chi connectivity index (χ1v) is 14.0. The van der Waals surface area contributed by atoms with Gasteiger partial charge in [-0.15, -0.1) is 0 Å². The van der Waals surface area contributed by atoms with Gasteiger partial charge in [0.1, 0.15) is 12.6 Å². The molecule has 192 valence electrons. The van der Waals surface area contributed by atoms with Crippen molar-refractivity contribution in [1.82, 2.24) is 10.2 Å². The van der Waals surface area contributed by atoms with Gasteiger partial charge in [-0.25, -0.2) is 8.42 Å². The number of rotatable bonds is 10. The van der Waals surface area contributed by atoms with E-state index in [0.29, 0.717) is 0 Å². The fourth-order valence-electron chi connectivity index (χ4n) is 3.35. The van der Waals surface area contributed by atoms with Crippen molar-refractivity contribution in [1.29, 1.82) is 0 Å². The highest BCUT2D eigenvalue weighted by Crippen LogP contribution is 2.35. The fraction of sp³-hybridized carbons (Fsp3) is 0.417. The molecular weight excluding hydrogens is 533 g/mol. The monoisotopic (exact) mass is 561 g/mol. The first-order valence-electron chi connectivity index (χ1n) is 11.0. The maximum atomic E-state index is 13.6. The summed E-state index contributed by atoms with van der Waals surface area (Å²) >= 11 is 18.3. The van der Waals surface area contributed by atoms with Crippen LogP contribution in [0.1, 0.15) is 38.3 Å². The highest BCUT2D eigenvalue weighted by Gasteiger charge is 2.31. The van der Waals surface area contributed by atoms with Crippen molar-refractivity contribution >= 4 is 62.3 Å². The van der Waals surface area contributed by atoms with Crippen LogP contribution < -0.4 is 9.62 Å². The first kappa shape index (κ1) is 29.2. The van der Waals surface area contributed by atoms with Gasteiger partial charge in [0, 0.05) is 12.6 Å². The van der Waals surface area contributed by atoms with Gasteiger partial charge < -0.3 is 10.2 Å². The Balaban J connectivity index is 2.46. The van der Waals surface area contributed by atoms with Crippen molar-refractivity contribution in [2.45, 2.75) is 52.7 Å². The zero-order valence-corrected chi connectivity index (χ0v) is 23.4. The van der Waals surface area contributed by atoms with E-state index in [9.17, 15) is 18.0 Å². The molecule has 7 nitrogen and oxygen atoms in total. The lowest BCUT2D eigenvalue weighted by Crippen LogP contribution is -2.52. The van der Waals surface area contributed by atoms with Crippen LogP contribution in [0.3, 0.4) is 0 Å². The highest BCUT2D eigenvalue weighted by atomic mass is 35.5. The second-order valence-electron chi connectivity index (χ2n) is 8.49. The van der Waals surface area contributed by atoms with Gasteiger partial charge in [0.15, 0.2) is 0 Å². The Hall–Kier alpha value is -2.00.